The first-order chi connectivity index (χ1) is 11.3. The zero-order valence-electron chi connectivity index (χ0n) is 13.9. The van der Waals surface area contributed by atoms with Gasteiger partial charge in [-0.25, -0.2) is 0 Å². The molecule has 1 aromatic carbocycles. The number of phenolic OH excluding ortho intramolecular Hbond substituents is 1. The summed E-state index contributed by atoms with van der Waals surface area (Å²) in [6.07, 6.45) is 10.8. The minimum Gasteiger partial charge on any atom is -0.508 e. The molecule has 0 spiro atoms. The van der Waals surface area contributed by atoms with Crippen LogP contribution in [-0.2, 0) is 4.74 Å². The van der Waals surface area contributed by atoms with Crippen molar-refractivity contribution in [3.05, 3.63) is 29.8 Å². The van der Waals surface area contributed by atoms with Crippen molar-refractivity contribution in [2.45, 2.75) is 75.5 Å². The monoisotopic (exact) mass is 315 g/mol. The Morgan fingerprint density at radius 2 is 1.61 bits per heavy atom. The number of benzene rings is 1. The minimum atomic E-state index is 0.369. The van der Waals surface area contributed by atoms with Gasteiger partial charge in [0.15, 0.2) is 0 Å². The maximum absolute atomic E-state index is 9.42. The van der Waals surface area contributed by atoms with E-state index in [1.807, 2.05) is 12.1 Å². The predicted octanol–water partition coefficient (Wildman–Crippen LogP) is 3.97. The highest BCUT2D eigenvalue weighted by atomic mass is 16.5. The number of aromatic hydroxyl groups is 1. The fraction of sp³-hybridized carbons (Fsp3) is 0.700. The van der Waals surface area contributed by atoms with E-state index in [0.717, 1.165) is 12.5 Å². The van der Waals surface area contributed by atoms with Crippen LogP contribution >= 0.6 is 0 Å². The van der Waals surface area contributed by atoms with Gasteiger partial charge in [0, 0.05) is 18.7 Å². The summed E-state index contributed by atoms with van der Waals surface area (Å²) in [6.45, 7) is 0.946. The van der Waals surface area contributed by atoms with Crippen molar-refractivity contribution in [1.82, 2.24) is 5.32 Å². The Morgan fingerprint density at radius 1 is 0.870 bits per heavy atom. The smallest absolute Gasteiger partial charge is 0.115 e. The van der Waals surface area contributed by atoms with Gasteiger partial charge in [-0.3, -0.25) is 0 Å². The molecule has 4 rings (SSSR count). The summed E-state index contributed by atoms with van der Waals surface area (Å²) in [5.41, 5.74) is 1.39. The maximum atomic E-state index is 9.42. The average Bonchev–Trinajstić information content (AvgIpc) is 3.42. The first-order valence-electron chi connectivity index (χ1n) is 9.44. The summed E-state index contributed by atoms with van der Waals surface area (Å²) >= 11 is 0. The van der Waals surface area contributed by atoms with E-state index in [1.165, 1.54) is 56.9 Å². The minimum absolute atomic E-state index is 0.369. The fourth-order valence-electron chi connectivity index (χ4n) is 4.45. The number of nitrogens with one attached hydrogen (secondary N) is 1. The maximum Gasteiger partial charge on any atom is 0.115 e. The molecule has 3 aliphatic rings. The molecule has 1 saturated heterocycles. The molecule has 3 fully saturated rings. The molecule has 0 aromatic heterocycles. The second kappa shape index (κ2) is 6.82. The highest BCUT2D eigenvalue weighted by Gasteiger charge is 2.36. The lowest BCUT2D eigenvalue weighted by Gasteiger charge is -2.36. The summed E-state index contributed by atoms with van der Waals surface area (Å²) in [5, 5.41) is 13.4. The van der Waals surface area contributed by atoms with Gasteiger partial charge in [-0.05, 0) is 80.9 Å². The zero-order valence-corrected chi connectivity index (χ0v) is 13.9. The van der Waals surface area contributed by atoms with Gasteiger partial charge >= 0.3 is 0 Å². The molecule has 1 heterocycles. The molecule has 0 radical (unpaired) electrons. The Morgan fingerprint density at radius 3 is 2.30 bits per heavy atom. The lowest BCUT2D eigenvalue weighted by molar-refractivity contribution is -0.0136. The van der Waals surface area contributed by atoms with Gasteiger partial charge in [-0.1, -0.05) is 12.1 Å². The van der Waals surface area contributed by atoms with Crippen LogP contribution in [0.4, 0.5) is 0 Å². The Hall–Kier alpha value is -1.06. The van der Waals surface area contributed by atoms with Crippen LogP contribution in [0.25, 0.3) is 0 Å². The third kappa shape index (κ3) is 3.89. The van der Waals surface area contributed by atoms with E-state index in [4.69, 9.17) is 4.74 Å². The van der Waals surface area contributed by atoms with Gasteiger partial charge in [0.2, 0.25) is 0 Å². The normalized spacial score (nSPS) is 35.1. The van der Waals surface area contributed by atoms with Crippen LogP contribution in [0.3, 0.4) is 0 Å². The Bertz CT molecular complexity index is 503. The highest BCUT2D eigenvalue weighted by Crippen LogP contribution is 2.39. The number of hydrogen-bond donors (Lipinski definition) is 2. The summed E-state index contributed by atoms with van der Waals surface area (Å²) in [6, 6.07) is 9.18. The lowest BCUT2D eigenvalue weighted by atomic mass is 9.81. The quantitative estimate of drug-likeness (QED) is 0.883. The standard InChI is InChI=1S/C20H29NO2/c22-19-9-5-15(6-10-19)14-3-7-17(8-4-14)21-18-11-12-23-20(13-18)16-1-2-16/h5-6,9-10,14,16-18,20-22H,1-4,7-8,11-13H2/t14?,17?,18-,20-/m0/s1. The van der Waals surface area contributed by atoms with E-state index < -0.39 is 0 Å². The highest BCUT2D eigenvalue weighted by molar-refractivity contribution is 5.28. The molecule has 126 valence electrons. The fourth-order valence-corrected chi connectivity index (χ4v) is 4.45. The molecular weight excluding hydrogens is 286 g/mol. The Balaban J connectivity index is 1.25. The number of phenols is 1. The van der Waals surface area contributed by atoms with Crippen LogP contribution in [0.1, 0.15) is 62.8 Å². The molecule has 2 saturated carbocycles. The molecule has 0 unspecified atom stereocenters. The molecular formula is C20H29NO2. The van der Waals surface area contributed by atoms with Crippen molar-refractivity contribution in [2.75, 3.05) is 6.61 Å². The molecule has 1 aromatic rings. The molecule has 3 heteroatoms. The number of hydrogen-bond acceptors (Lipinski definition) is 3. The van der Waals surface area contributed by atoms with Crippen molar-refractivity contribution in [1.29, 1.82) is 0 Å². The van der Waals surface area contributed by atoms with Gasteiger partial charge < -0.3 is 15.2 Å². The van der Waals surface area contributed by atoms with Crippen LogP contribution in [0.15, 0.2) is 24.3 Å². The van der Waals surface area contributed by atoms with Crippen molar-refractivity contribution < 1.29 is 9.84 Å². The van der Waals surface area contributed by atoms with Crippen LogP contribution < -0.4 is 5.32 Å². The van der Waals surface area contributed by atoms with Crippen molar-refractivity contribution in [3.63, 3.8) is 0 Å². The van der Waals surface area contributed by atoms with E-state index in [-0.39, 0.29) is 0 Å². The van der Waals surface area contributed by atoms with Crippen molar-refractivity contribution in [3.8, 4) is 5.75 Å². The Kier molecular flexibility index (Phi) is 4.59. The van der Waals surface area contributed by atoms with Crippen molar-refractivity contribution >= 4 is 0 Å². The van der Waals surface area contributed by atoms with E-state index in [1.54, 1.807) is 0 Å². The van der Waals surface area contributed by atoms with E-state index in [0.29, 0.717) is 29.9 Å². The molecule has 23 heavy (non-hydrogen) atoms. The summed E-state index contributed by atoms with van der Waals surface area (Å²) in [5.74, 6) is 1.90. The second-order valence-electron chi connectivity index (χ2n) is 7.77. The molecule has 2 atom stereocenters. The van der Waals surface area contributed by atoms with Gasteiger partial charge in [-0.2, -0.15) is 0 Å². The first-order valence-corrected chi connectivity index (χ1v) is 9.44. The van der Waals surface area contributed by atoms with E-state index >= 15 is 0 Å². The third-order valence-electron chi connectivity index (χ3n) is 6.03. The predicted molar refractivity (Wildman–Crippen MR) is 91.7 cm³/mol. The molecule has 2 N–H and O–H groups in total. The van der Waals surface area contributed by atoms with Crippen molar-refractivity contribution in [2.24, 2.45) is 5.92 Å². The summed E-state index contributed by atoms with van der Waals surface area (Å²) < 4.78 is 5.95. The number of ether oxygens (including phenoxy) is 1. The Labute approximate surface area is 139 Å². The van der Waals surface area contributed by atoms with Crippen LogP contribution in [-0.4, -0.2) is 29.9 Å². The van der Waals surface area contributed by atoms with Crippen LogP contribution in [0.2, 0.25) is 0 Å². The average molecular weight is 315 g/mol. The SMILES string of the molecule is Oc1ccc(C2CCC(N[C@H]3CCO[C@H](C4CC4)C3)CC2)cc1. The molecule has 0 amide bonds. The molecule has 2 aliphatic carbocycles. The van der Waals surface area contributed by atoms with Gasteiger partial charge in [-0.15, -0.1) is 0 Å². The molecule has 3 nitrogen and oxygen atoms in total. The molecule has 0 bridgehead atoms. The zero-order chi connectivity index (χ0) is 15.6. The van der Waals surface area contributed by atoms with Gasteiger partial charge in [0.25, 0.3) is 0 Å². The molecule has 1 aliphatic heterocycles. The van der Waals surface area contributed by atoms with E-state index in [9.17, 15) is 5.11 Å². The third-order valence-corrected chi connectivity index (χ3v) is 6.03. The van der Waals surface area contributed by atoms with Crippen LogP contribution in [0.5, 0.6) is 5.75 Å². The lowest BCUT2D eigenvalue weighted by Crippen LogP contribution is -2.45. The largest absolute Gasteiger partial charge is 0.508 e. The summed E-state index contributed by atoms with van der Waals surface area (Å²) in [4.78, 5) is 0. The summed E-state index contributed by atoms with van der Waals surface area (Å²) in [7, 11) is 0. The van der Waals surface area contributed by atoms with E-state index in [2.05, 4.69) is 17.4 Å². The van der Waals surface area contributed by atoms with Crippen LogP contribution in [0, 0.1) is 5.92 Å². The van der Waals surface area contributed by atoms with Gasteiger partial charge in [0.1, 0.15) is 5.75 Å². The second-order valence-corrected chi connectivity index (χ2v) is 7.77. The number of rotatable bonds is 4. The topological polar surface area (TPSA) is 41.5 Å². The first kappa shape index (κ1) is 15.5. The van der Waals surface area contributed by atoms with Gasteiger partial charge in [0.05, 0.1) is 6.10 Å².